The van der Waals surface area contributed by atoms with E-state index in [1.807, 2.05) is 37.5 Å². The fourth-order valence-corrected chi connectivity index (χ4v) is 7.78. The number of ether oxygens (including phenoxy) is 1. The van der Waals surface area contributed by atoms with Crippen LogP contribution < -0.4 is 20.7 Å². The molecule has 0 spiro atoms. The van der Waals surface area contributed by atoms with Gasteiger partial charge in [-0.3, -0.25) is 19.4 Å². The molecule has 11 heteroatoms. The van der Waals surface area contributed by atoms with E-state index in [4.69, 9.17) is 4.74 Å². The number of aromatic nitrogens is 4. The fraction of sp³-hybridized carbons (Fsp3) is 0.459. The van der Waals surface area contributed by atoms with Gasteiger partial charge in [-0.25, -0.2) is 9.97 Å². The molecule has 3 aliphatic rings. The van der Waals surface area contributed by atoms with Crippen molar-refractivity contribution in [3.63, 3.8) is 0 Å². The summed E-state index contributed by atoms with van der Waals surface area (Å²) in [6.45, 7) is 14.7. The number of piperazine rings is 1. The molecule has 4 aromatic heterocycles. The smallest absolute Gasteiger partial charge is 0.276 e. The average Bonchev–Trinajstić information content (AvgIpc) is 3.55. The fourth-order valence-electron chi connectivity index (χ4n) is 7.78. The number of fused-ring (bicyclic) bond motifs is 3. The van der Waals surface area contributed by atoms with Crippen molar-refractivity contribution in [3.8, 4) is 11.1 Å². The number of pyridine rings is 3. The lowest BCUT2D eigenvalue weighted by Gasteiger charge is -2.41. The van der Waals surface area contributed by atoms with E-state index in [0.29, 0.717) is 29.9 Å². The SMILES string of the molecule is COCCN1CCN(c2ccc(Nc3cc(-c4ccnc(N5CCn6c(cc7c6CC(C)(C)C7)C5=O)c4C)cn(C)c3=O)nc2)[C@@H](C)C1. The van der Waals surface area contributed by atoms with Crippen molar-refractivity contribution in [2.45, 2.75) is 53.1 Å². The van der Waals surface area contributed by atoms with Gasteiger partial charge in [-0.05, 0) is 79.1 Å². The molecule has 0 bridgehead atoms. The summed E-state index contributed by atoms with van der Waals surface area (Å²) < 4.78 is 9.05. The predicted octanol–water partition coefficient (Wildman–Crippen LogP) is 4.64. The van der Waals surface area contributed by atoms with Crippen LogP contribution in [0.15, 0.2) is 53.7 Å². The largest absolute Gasteiger partial charge is 0.383 e. The van der Waals surface area contributed by atoms with Crippen LogP contribution in [0.5, 0.6) is 0 Å². The number of anilines is 4. The van der Waals surface area contributed by atoms with Crippen LogP contribution in [0.4, 0.5) is 23.0 Å². The van der Waals surface area contributed by atoms with Gasteiger partial charge in [-0.2, -0.15) is 0 Å². The topological polar surface area (TPSA) is 101 Å². The van der Waals surface area contributed by atoms with Gasteiger partial charge in [0.2, 0.25) is 0 Å². The zero-order chi connectivity index (χ0) is 33.7. The summed E-state index contributed by atoms with van der Waals surface area (Å²) in [7, 11) is 3.49. The van der Waals surface area contributed by atoms with Crippen LogP contribution in [-0.2, 0) is 31.2 Å². The Balaban J connectivity index is 1.10. The lowest BCUT2D eigenvalue weighted by Crippen LogP contribution is -2.52. The van der Waals surface area contributed by atoms with Crippen molar-refractivity contribution in [1.82, 2.24) is 24.0 Å². The number of carbonyl (C=O) groups excluding carboxylic acids is 1. The molecule has 2 aliphatic heterocycles. The zero-order valence-corrected chi connectivity index (χ0v) is 28.9. The third kappa shape index (κ3) is 5.90. The van der Waals surface area contributed by atoms with E-state index in [1.165, 1.54) is 11.3 Å². The second kappa shape index (κ2) is 12.5. The molecule has 11 nitrogen and oxygen atoms in total. The van der Waals surface area contributed by atoms with Crippen LogP contribution in [0.2, 0.25) is 0 Å². The van der Waals surface area contributed by atoms with Crippen LogP contribution >= 0.6 is 0 Å². The van der Waals surface area contributed by atoms with Crippen molar-refractivity contribution in [2.75, 3.05) is 61.6 Å². The van der Waals surface area contributed by atoms with Gasteiger partial charge in [0.1, 0.15) is 23.0 Å². The lowest BCUT2D eigenvalue weighted by atomic mass is 9.90. The van der Waals surface area contributed by atoms with Crippen molar-refractivity contribution < 1.29 is 9.53 Å². The van der Waals surface area contributed by atoms with Crippen molar-refractivity contribution in [1.29, 1.82) is 0 Å². The van der Waals surface area contributed by atoms with E-state index in [-0.39, 0.29) is 16.9 Å². The minimum Gasteiger partial charge on any atom is -0.383 e. The van der Waals surface area contributed by atoms with Gasteiger partial charge in [0, 0.05) is 83.1 Å². The number of amides is 1. The molecule has 1 N–H and O–H groups in total. The Hall–Kier alpha value is -4.48. The van der Waals surface area contributed by atoms with Gasteiger partial charge < -0.3 is 24.1 Å². The van der Waals surface area contributed by atoms with E-state index < -0.39 is 0 Å². The standard InChI is InChI=1S/C37H46N8O3/c1-24-22-42(15-16-48-6)11-12-43(24)28-7-8-33(39-21-28)40-30-17-27(23-41(5)35(30)46)29-9-10-38-34(25(29)2)45-14-13-44-31(36(45)47)18-26-19-37(3,4)20-32(26)44/h7-10,17-18,21,23-24H,11-16,19-20,22H2,1-6H3,(H,39,40)/t24-/m0/s1. The Labute approximate surface area is 282 Å². The van der Waals surface area contributed by atoms with E-state index in [2.05, 4.69) is 62.6 Å². The molecule has 0 unspecified atom stereocenters. The number of carbonyl (C=O) groups is 1. The number of methoxy groups -OCH3 is 1. The first-order valence-electron chi connectivity index (χ1n) is 16.9. The van der Waals surface area contributed by atoms with Gasteiger partial charge in [0.15, 0.2) is 0 Å². The minimum absolute atomic E-state index is 0.0130. The maximum absolute atomic E-state index is 13.8. The lowest BCUT2D eigenvalue weighted by molar-refractivity contribution is 0.0963. The van der Waals surface area contributed by atoms with Crippen LogP contribution in [0.3, 0.4) is 0 Å². The van der Waals surface area contributed by atoms with E-state index >= 15 is 0 Å². The second-order valence-corrected chi connectivity index (χ2v) is 14.4. The Morgan fingerprint density at radius 3 is 2.62 bits per heavy atom. The van der Waals surface area contributed by atoms with Crippen LogP contribution in [0, 0.1) is 12.3 Å². The highest BCUT2D eigenvalue weighted by atomic mass is 16.5. The first-order valence-corrected chi connectivity index (χ1v) is 16.9. The summed E-state index contributed by atoms with van der Waals surface area (Å²) in [6, 6.07) is 10.2. The first kappa shape index (κ1) is 32.1. The molecule has 7 rings (SSSR count). The maximum Gasteiger partial charge on any atom is 0.276 e. The van der Waals surface area contributed by atoms with Crippen LogP contribution in [-0.4, -0.2) is 82.4 Å². The molecule has 1 atom stereocenters. The maximum atomic E-state index is 13.8. The molecule has 48 heavy (non-hydrogen) atoms. The van der Waals surface area contributed by atoms with Crippen molar-refractivity contribution >= 4 is 28.9 Å². The Bertz CT molecular complexity index is 1910. The van der Waals surface area contributed by atoms with Gasteiger partial charge in [0.05, 0.1) is 18.5 Å². The molecular formula is C37H46N8O3. The Morgan fingerprint density at radius 2 is 1.88 bits per heavy atom. The van der Waals surface area contributed by atoms with Crippen molar-refractivity contribution in [2.24, 2.45) is 12.5 Å². The molecule has 6 heterocycles. The minimum atomic E-state index is -0.152. The van der Waals surface area contributed by atoms with Crippen molar-refractivity contribution in [3.05, 3.63) is 81.8 Å². The molecule has 4 aromatic rings. The van der Waals surface area contributed by atoms with Crippen LogP contribution in [0.25, 0.3) is 11.1 Å². The number of nitrogens with zero attached hydrogens (tertiary/aromatic N) is 7. The summed E-state index contributed by atoms with van der Waals surface area (Å²) in [5, 5.41) is 3.27. The van der Waals surface area contributed by atoms with Gasteiger partial charge in [-0.15, -0.1) is 0 Å². The molecule has 1 saturated heterocycles. The summed E-state index contributed by atoms with van der Waals surface area (Å²) in [5.41, 5.74) is 7.59. The van der Waals surface area contributed by atoms with E-state index in [1.54, 1.807) is 29.8 Å². The zero-order valence-electron chi connectivity index (χ0n) is 28.9. The van der Waals surface area contributed by atoms with Gasteiger partial charge in [0.25, 0.3) is 11.5 Å². The molecular weight excluding hydrogens is 604 g/mol. The number of hydrogen-bond donors (Lipinski definition) is 1. The Morgan fingerprint density at radius 1 is 1.04 bits per heavy atom. The summed E-state index contributed by atoms with van der Waals surface area (Å²) in [6.07, 6.45) is 7.45. The summed E-state index contributed by atoms with van der Waals surface area (Å²) >= 11 is 0. The molecule has 0 radical (unpaired) electrons. The monoisotopic (exact) mass is 650 g/mol. The Kier molecular flexibility index (Phi) is 8.37. The third-order valence-electron chi connectivity index (χ3n) is 10.2. The van der Waals surface area contributed by atoms with E-state index in [9.17, 15) is 9.59 Å². The highest BCUT2D eigenvalue weighted by Crippen LogP contribution is 2.40. The molecule has 1 fully saturated rings. The average molecular weight is 651 g/mol. The number of nitrogens with one attached hydrogen (secondary N) is 1. The first-order chi connectivity index (χ1) is 23.0. The number of aryl methyl sites for hydroxylation is 1. The quantitative estimate of drug-likeness (QED) is 0.295. The van der Waals surface area contributed by atoms with Gasteiger partial charge in [-0.1, -0.05) is 13.8 Å². The van der Waals surface area contributed by atoms with Crippen LogP contribution in [0.1, 0.15) is 48.1 Å². The summed E-state index contributed by atoms with van der Waals surface area (Å²) in [5.74, 6) is 1.24. The predicted molar refractivity (Wildman–Crippen MR) is 190 cm³/mol. The molecule has 0 saturated carbocycles. The number of rotatable bonds is 8. The summed E-state index contributed by atoms with van der Waals surface area (Å²) in [4.78, 5) is 43.1. The highest BCUT2D eigenvalue weighted by Gasteiger charge is 2.37. The highest BCUT2D eigenvalue weighted by molar-refractivity contribution is 6.06. The van der Waals surface area contributed by atoms with Gasteiger partial charge >= 0.3 is 0 Å². The molecule has 1 amide bonds. The molecule has 252 valence electrons. The van der Waals surface area contributed by atoms with E-state index in [0.717, 1.165) is 80.2 Å². The molecule has 0 aromatic carbocycles. The molecule has 1 aliphatic carbocycles. The second-order valence-electron chi connectivity index (χ2n) is 14.4. The third-order valence-corrected chi connectivity index (χ3v) is 10.2. The normalized spacial score (nSPS) is 19.0. The number of hydrogen-bond acceptors (Lipinski definition) is 8.